The average molecular weight is 347 g/mol. The Labute approximate surface area is 153 Å². The topological polar surface area (TPSA) is 29.1 Å². The zero-order valence-corrected chi connectivity index (χ0v) is 14.9. The van der Waals surface area contributed by atoms with Gasteiger partial charge in [0.25, 0.3) is 0 Å². The molecule has 0 bridgehead atoms. The van der Waals surface area contributed by atoms with Gasteiger partial charge in [-0.15, -0.1) is 0 Å². The highest BCUT2D eigenvalue weighted by Crippen LogP contribution is 2.26. The molecule has 1 amide bonds. The van der Waals surface area contributed by atoms with Crippen molar-refractivity contribution < 1.29 is 9.18 Å². The van der Waals surface area contributed by atoms with E-state index in [1.807, 2.05) is 73.7 Å². The molecule has 26 heavy (non-hydrogen) atoms. The molecule has 0 radical (unpaired) electrons. The van der Waals surface area contributed by atoms with E-state index in [4.69, 9.17) is 0 Å². The second-order valence-electron chi connectivity index (χ2n) is 6.47. The third kappa shape index (κ3) is 3.99. The summed E-state index contributed by atoms with van der Waals surface area (Å²) in [4.78, 5) is 12.6. The number of benzene rings is 3. The average Bonchev–Trinajstić information content (AvgIpc) is 2.68. The quantitative estimate of drug-likeness (QED) is 0.651. The fraction of sp³-hybridized carbons (Fsp3) is 0.174. The molecule has 0 fully saturated rings. The predicted molar refractivity (Wildman–Crippen MR) is 103 cm³/mol. The molecule has 2 unspecified atom stereocenters. The van der Waals surface area contributed by atoms with Crippen molar-refractivity contribution in [3.05, 3.63) is 95.8 Å². The van der Waals surface area contributed by atoms with E-state index in [0.717, 1.165) is 11.1 Å². The van der Waals surface area contributed by atoms with Crippen LogP contribution in [-0.2, 0) is 4.79 Å². The largest absolute Gasteiger partial charge is 0.349 e. The number of hydrogen-bond acceptors (Lipinski definition) is 1. The first-order valence-electron chi connectivity index (χ1n) is 8.76. The van der Waals surface area contributed by atoms with Gasteiger partial charge in [-0.05, 0) is 36.6 Å². The highest BCUT2D eigenvalue weighted by atomic mass is 19.1. The number of carbonyl (C=O) groups excluding carboxylic acids is 1. The van der Waals surface area contributed by atoms with Gasteiger partial charge in [-0.2, -0.15) is 0 Å². The van der Waals surface area contributed by atoms with Crippen molar-refractivity contribution in [2.45, 2.75) is 25.8 Å². The lowest BCUT2D eigenvalue weighted by molar-refractivity contribution is -0.122. The Morgan fingerprint density at radius 1 is 0.846 bits per heavy atom. The van der Waals surface area contributed by atoms with Gasteiger partial charge in [0, 0.05) is 5.56 Å². The van der Waals surface area contributed by atoms with E-state index in [2.05, 4.69) is 5.32 Å². The Kier molecular flexibility index (Phi) is 5.47. The van der Waals surface area contributed by atoms with E-state index < -0.39 is 5.92 Å². The van der Waals surface area contributed by atoms with Crippen LogP contribution in [0.15, 0.2) is 78.9 Å². The summed E-state index contributed by atoms with van der Waals surface area (Å²) in [6.45, 7) is 3.74. The molecule has 3 aromatic carbocycles. The number of nitrogens with one attached hydrogen (secondary N) is 1. The Morgan fingerprint density at radius 2 is 1.46 bits per heavy atom. The molecule has 0 spiro atoms. The van der Waals surface area contributed by atoms with Crippen molar-refractivity contribution in [2.75, 3.05) is 0 Å². The molecule has 0 aliphatic heterocycles. The minimum atomic E-state index is -0.430. The SMILES string of the molecule is CC(NC(=O)C(C)c1ccc(-c2ccccc2)c(F)c1)c1ccccc1. The van der Waals surface area contributed by atoms with Crippen LogP contribution in [0.4, 0.5) is 4.39 Å². The zero-order valence-electron chi connectivity index (χ0n) is 14.9. The molecule has 0 saturated heterocycles. The normalized spacial score (nSPS) is 13.0. The third-order valence-electron chi connectivity index (χ3n) is 4.63. The van der Waals surface area contributed by atoms with Crippen LogP contribution >= 0.6 is 0 Å². The first kappa shape index (κ1) is 17.9. The standard InChI is InChI=1S/C23H22FNO/c1-16(23(26)25-17(2)18-9-5-3-6-10-18)20-13-14-21(22(24)15-20)19-11-7-4-8-12-19/h3-17H,1-2H3,(H,25,26). The van der Waals surface area contributed by atoms with E-state index in [1.165, 1.54) is 6.07 Å². The van der Waals surface area contributed by atoms with Gasteiger partial charge >= 0.3 is 0 Å². The van der Waals surface area contributed by atoms with Crippen LogP contribution in [0.2, 0.25) is 0 Å². The van der Waals surface area contributed by atoms with Gasteiger partial charge in [-0.3, -0.25) is 4.79 Å². The molecule has 0 aromatic heterocycles. The van der Waals surface area contributed by atoms with Crippen molar-refractivity contribution in [3.63, 3.8) is 0 Å². The Balaban J connectivity index is 1.74. The van der Waals surface area contributed by atoms with E-state index in [1.54, 1.807) is 13.0 Å². The summed E-state index contributed by atoms with van der Waals surface area (Å²) in [6, 6.07) is 24.1. The Bertz CT molecular complexity index is 877. The summed E-state index contributed by atoms with van der Waals surface area (Å²) in [5, 5.41) is 3.00. The molecular formula is C23H22FNO. The molecular weight excluding hydrogens is 325 g/mol. The summed E-state index contributed by atoms with van der Waals surface area (Å²) in [5.74, 6) is -0.863. The van der Waals surface area contributed by atoms with Crippen LogP contribution in [0.5, 0.6) is 0 Å². The maximum atomic E-state index is 14.6. The molecule has 0 saturated carbocycles. The molecule has 0 heterocycles. The molecule has 2 nitrogen and oxygen atoms in total. The van der Waals surface area contributed by atoms with Crippen LogP contribution in [0.1, 0.15) is 36.9 Å². The van der Waals surface area contributed by atoms with Crippen LogP contribution < -0.4 is 5.32 Å². The highest BCUT2D eigenvalue weighted by molar-refractivity contribution is 5.83. The fourth-order valence-electron chi connectivity index (χ4n) is 2.97. The minimum absolute atomic E-state index is 0.0976. The predicted octanol–water partition coefficient (Wildman–Crippen LogP) is 5.47. The second kappa shape index (κ2) is 7.96. The maximum Gasteiger partial charge on any atom is 0.227 e. The molecule has 0 aliphatic carbocycles. The van der Waals surface area contributed by atoms with E-state index in [0.29, 0.717) is 11.1 Å². The van der Waals surface area contributed by atoms with E-state index in [-0.39, 0.29) is 17.8 Å². The lowest BCUT2D eigenvalue weighted by atomic mass is 9.96. The van der Waals surface area contributed by atoms with Gasteiger partial charge in [0.15, 0.2) is 0 Å². The molecule has 3 heteroatoms. The van der Waals surface area contributed by atoms with Crippen LogP contribution in [0, 0.1) is 5.82 Å². The number of halogens is 1. The van der Waals surface area contributed by atoms with Crippen LogP contribution in [0.3, 0.4) is 0 Å². The van der Waals surface area contributed by atoms with Gasteiger partial charge in [-0.1, -0.05) is 72.8 Å². The molecule has 1 N–H and O–H groups in total. The van der Waals surface area contributed by atoms with Gasteiger partial charge in [-0.25, -0.2) is 4.39 Å². The summed E-state index contributed by atoms with van der Waals surface area (Å²) >= 11 is 0. The van der Waals surface area contributed by atoms with Crippen molar-refractivity contribution in [3.8, 4) is 11.1 Å². The number of rotatable bonds is 5. The van der Waals surface area contributed by atoms with Crippen molar-refractivity contribution in [2.24, 2.45) is 0 Å². The van der Waals surface area contributed by atoms with Gasteiger partial charge < -0.3 is 5.32 Å². The van der Waals surface area contributed by atoms with Crippen molar-refractivity contribution in [1.29, 1.82) is 0 Å². The molecule has 0 aliphatic rings. The lowest BCUT2D eigenvalue weighted by Gasteiger charge is -2.18. The molecule has 132 valence electrons. The Morgan fingerprint density at radius 3 is 2.08 bits per heavy atom. The first-order valence-corrected chi connectivity index (χ1v) is 8.76. The Hall–Kier alpha value is -2.94. The van der Waals surface area contributed by atoms with Crippen molar-refractivity contribution in [1.82, 2.24) is 5.32 Å². The number of amides is 1. The summed E-state index contributed by atoms with van der Waals surface area (Å²) in [7, 11) is 0. The second-order valence-corrected chi connectivity index (χ2v) is 6.47. The monoisotopic (exact) mass is 347 g/mol. The van der Waals surface area contributed by atoms with Crippen molar-refractivity contribution >= 4 is 5.91 Å². The van der Waals surface area contributed by atoms with Crippen LogP contribution in [-0.4, -0.2) is 5.91 Å². The molecule has 3 aromatic rings. The third-order valence-corrected chi connectivity index (χ3v) is 4.63. The van der Waals surface area contributed by atoms with E-state index in [9.17, 15) is 9.18 Å². The number of hydrogen-bond donors (Lipinski definition) is 1. The molecule has 2 atom stereocenters. The summed E-state index contributed by atoms with van der Waals surface area (Å²) in [5.41, 5.74) is 3.07. The smallest absolute Gasteiger partial charge is 0.227 e. The maximum absolute atomic E-state index is 14.6. The van der Waals surface area contributed by atoms with Gasteiger partial charge in [0.2, 0.25) is 5.91 Å². The minimum Gasteiger partial charge on any atom is -0.349 e. The first-order chi connectivity index (χ1) is 12.6. The zero-order chi connectivity index (χ0) is 18.5. The number of carbonyl (C=O) groups is 1. The summed E-state index contributed by atoms with van der Waals surface area (Å²) in [6.07, 6.45) is 0. The van der Waals surface area contributed by atoms with Crippen LogP contribution in [0.25, 0.3) is 11.1 Å². The summed E-state index contributed by atoms with van der Waals surface area (Å²) < 4.78 is 14.6. The van der Waals surface area contributed by atoms with Gasteiger partial charge in [0.05, 0.1) is 12.0 Å². The molecule has 3 rings (SSSR count). The van der Waals surface area contributed by atoms with Gasteiger partial charge in [0.1, 0.15) is 5.82 Å². The highest BCUT2D eigenvalue weighted by Gasteiger charge is 2.19. The fourth-order valence-corrected chi connectivity index (χ4v) is 2.97. The lowest BCUT2D eigenvalue weighted by Crippen LogP contribution is -2.30. The van der Waals surface area contributed by atoms with E-state index >= 15 is 0 Å².